The summed E-state index contributed by atoms with van der Waals surface area (Å²) < 4.78 is 58.3. The zero-order chi connectivity index (χ0) is 38.9. The Labute approximate surface area is 304 Å². The lowest BCUT2D eigenvalue weighted by Gasteiger charge is -2.26. The normalized spacial score (nSPS) is 12.6. The van der Waals surface area contributed by atoms with Gasteiger partial charge < -0.3 is 16.0 Å². The van der Waals surface area contributed by atoms with E-state index in [-0.39, 0.29) is 51.5 Å². The van der Waals surface area contributed by atoms with E-state index in [0.29, 0.717) is 28.2 Å². The van der Waals surface area contributed by atoms with Gasteiger partial charge >= 0.3 is 0 Å². The summed E-state index contributed by atoms with van der Waals surface area (Å²) in [5.41, 5.74) is 2.27. The average Bonchev–Trinajstić information content (AvgIpc) is 2.96. The van der Waals surface area contributed by atoms with E-state index >= 15 is 0 Å². The monoisotopic (exact) mass is 741 g/mol. The zero-order valence-electron chi connectivity index (χ0n) is 32.1. The van der Waals surface area contributed by atoms with Gasteiger partial charge in [0.25, 0.3) is 10.0 Å². The maximum absolute atomic E-state index is 14.6. The fourth-order valence-electron chi connectivity index (χ4n) is 5.04. The van der Waals surface area contributed by atoms with Gasteiger partial charge in [0.15, 0.2) is 0 Å². The van der Waals surface area contributed by atoms with Crippen molar-refractivity contribution in [3.8, 4) is 0 Å². The summed E-state index contributed by atoms with van der Waals surface area (Å²) in [7, 11) is -7.83. The predicted octanol–water partition coefficient (Wildman–Crippen LogP) is 8.94. The smallest absolute Gasteiger partial charge is 0.262 e. The molecular formula is C38H55N5O6S2. The second-order valence-electron chi connectivity index (χ2n) is 16.0. The minimum Gasteiger partial charge on any atom is -0.354 e. The highest BCUT2D eigenvalue weighted by Crippen LogP contribution is 2.41. The number of benzene rings is 3. The molecule has 0 spiro atoms. The minimum atomic E-state index is -4.27. The second kappa shape index (κ2) is 15.2. The molecule has 51 heavy (non-hydrogen) atoms. The molecule has 0 unspecified atom stereocenters. The van der Waals surface area contributed by atoms with Crippen molar-refractivity contribution in [1.82, 2.24) is 0 Å². The van der Waals surface area contributed by atoms with Crippen LogP contribution in [0.25, 0.3) is 0 Å². The Balaban J connectivity index is 2.34. The molecule has 3 rings (SSSR count). The van der Waals surface area contributed by atoms with Crippen molar-refractivity contribution >= 4 is 66.0 Å². The molecule has 0 radical (unpaired) electrons. The Morgan fingerprint density at radius 1 is 0.588 bits per heavy atom. The van der Waals surface area contributed by atoms with E-state index in [2.05, 4.69) is 39.2 Å². The first-order valence-corrected chi connectivity index (χ1v) is 20.4. The lowest BCUT2D eigenvalue weighted by molar-refractivity contribution is -0.123. The van der Waals surface area contributed by atoms with Crippen LogP contribution in [0.1, 0.15) is 118 Å². The van der Waals surface area contributed by atoms with Gasteiger partial charge in [0.1, 0.15) is 0 Å². The largest absolute Gasteiger partial charge is 0.354 e. The molecule has 13 heteroatoms. The SMILES string of the molecule is CC(C)c1cc(C(C)C)c(S(=O)(=O)Nc2cc(NC(=O)C(C)(C)C)c(Nc3cccc(NS(C)(=O)=O)c3)cc2NC(=O)C(C)(C)C)c(C(C)C)c1. The van der Waals surface area contributed by atoms with Crippen LogP contribution in [0.15, 0.2) is 53.4 Å². The summed E-state index contributed by atoms with van der Waals surface area (Å²) in [5, 5.41) is 9.03. The van der Waals surface area contributed by atoms with Gasteiger partial charge in [0.05, 0.1) is 39.6 Å². The molecule has 0 bridgehead atoms. The lowest BCUT2D eigenvalue weighted by Crippen LogP contribution is -2.29. The maximum Gasteiger partial charge on any atom is 0.262 e. The van der Waals surface area contributed by atoms with Gasteiger partial charge in [-0.05, 0) is 64.8 Å². The molecule has 0 saturated heterocycles. The van der Waals surface area contributed by atoms with Gasteiger partial charge in [-0.25, -0.2) is 16.8 Å². The fraction of sp³-hybridized carbons (Fsp3) is 0.474. The van der Waals surface area contributed by atoms with Gasteiger partial charge in [-0.15, -0.1) is 0 Å². The predicted molar refractivity (Wildman–Crippen MR) is 210 cm³/mol. The van der Waals surface area contributed by atoms with E-state index in [1.807, 2.05) is 39.8 Å². The van der Waals surface area contributed by atoms with Crippen molar-refractivity contribution in [2.75, 3.05) is 31.7 Å². The summed E-state index contributed by atoms with van der Waals surface area (Å²) in [6, 6.07) is 13.4. The highest BCUT2D eigenvalue weighted by molar-refractivity contribution is 7.93. The van der Waals surface area contributed by atoms with Gasteiger partial charge in [-0.1, -0.05) is 101 Å². The van der Waals surface area contributed by atoms with Crippen LogP contribution in [-0.2, 0) is 29.6 Å². The fourth-order valence-corrected chi connectivity index (χ4v) is 7.37. The van der Waals surface area contributed by atoms with Crippen LogP contribution >= 0.6 is 0 Å². The Kier molecular flexibility index (Phi) is 12.4. The molecule has 0 aliphatic carbocycles. The molecule has 2 amide bonds. The number of sulfonamides is 2. The number of hydrogen-bond donors (Lipinski definition) is 5. The molecule has 0 aromatic heterocycles. The standard InChI is InChI=1S/C38H55N5O6S2/c1-22(2)25-17-28(23(3)4)34(29(18-25)24(5)6)51(48,49)43-33-21-31(40-35(44)37(7,8)9)30(20-32(33)41-36(45)38(10,11)12)39-26-15-14-16-27(19-26)42-50(13,46)47/h14-24,39,42-43H,1-13H3,(H,40,44)(H,41,45). The summed E-state index contributed by atoms with van der Waals surface area (Å²) in [6.45, 7) is 22.4. The maximum atomic E-state index is 14.6. The Hall–Kier alpha value is -4.10. The summed E-state index contributed by atoms with van der Waals surface area (Å²) in [5.74, 6) is -0.762. The van der Waals surface area contributed by atoms with Crippen molar-refractivity contribution in [3.05, 3.63) is 65.2 Å². The van der Waals surface area contributed by atoms with Crippen molar-refractivity contribution in [2.45, 2.75) is 106 Å². The first-order chi connectivity index (χ1) is 23.2. The highest BCUT2D eigenvalue weighted by Gasteiger charge is 2.30. The Morgan fingerprint density at radius 3 is 1.47 bits per heavy atom. The van der Waals surface area contributed by atoms with Crippen LogP contribution in [-0.4, -0.2) is 34.9 Å². The molecule has 0 aliphatic heterocycles. The van der Waals surface area contributed by atoms with Gasteiger partial charge in [0.2, 0.25) is 21.8 Å². The molecule has 0 aliphatic rings. The Morgan fingerprint density at radius 2 is 1.04 bits per heavy atom. The van der Waals surface area contributed by atoms with Gasteiger partial charge in [0, 0.05) is 16.5 Å². The first kappa shape index (κ1) is 41.3. The molecule has 3 aromatic rings. The molecule has 11 nitrogen and oxygen atoms in total. The zero-order valence-corrected chi connectivity index (χ0v) is 33.7. The third-order valence-corrected chi connectivity index (χ3v) is 10.2. The van der Waals surface area contributed by atoms with E-state index in [9.17, 15) is 26.4 Å². The van der Waals surface area contributed by atoms with E-state index < -0.39 is 30.9 Å². The van der Waals surface area contributed by atoms with Crippen LogP contribution in [0.5, 0.6) is 0 Å². The third kappa shape index (κ3) is 10.9. The molecule has 0 fully saturated rings. The van der Waals surface area contributed by atoms with Crippen LogP contribution < -0.4 is 25.4 Å². The molecule has 0 heterocycles. The number of carbonyl (C=O) groups is 2. The molecule has 0 atom stereocenters. The van der Waals surface area contributed by atoms with Crippen molar-refractivity contribution in [3.63, 3.8) is 0 Å². The number of anilines is 6. The van der Waals surface area contributed by atoms with Crippen LogP contribution in [0, 0.1) is 10.8 Å². The molecular weight excluding hydrogens is 687 g/mol. The van der Waals surface area contributed by atoms with Crippen LogP contribution in [0.2, 0.25) is 0 Å². The van der Waals surface area contributed by atoms with Crippen LogP contribution in [0.3, 0.4) is 0 Å². The second-order valence-corrected chi connectivity index (χ2v) is 19.4. The van der Waals surface area contributed by atoms with E-state index in [0.717, 1.165) is 11.8 Å². The van der Waals surface area contributed by atoms with E-state index in [1.165, 1.54) is 6.07 Å². The number of hydrogen-bond acceptors (Lipinski definition) is 7. The summed E-state index contributed by atoms with van der Waals surface area (Å²) in [4.78, 5) is 27.0. The van der Waals surface area contributed by atoms with Gasteiger partial charge in [-0.2, -0.15) is 0 Å². The van der Waals surface area contributed by atoms with Crippen molar-refractivity contribution in [1.29, 1.82) is 0 Å². The lowest BCUT2D eigenvalue weighted by atomic mass is 9.89. The summed E-state index contributed by atoms with van der Waals surface area (Å²) >= 11 is 0. The minimum absolute atomic E-state index is 0.0483. The number of rotatable bonds is 12. The molecule has 3 aromatic carbocycles. The highest BCUT2D eigenvalue weighted by atomic mass is 32.2. The van der Waals surface area contributed by atoms with Crippen molar-refractivity contribution < 1.29 is 26.4 Å². The average molecular weight is 742 g/mol. The van der Waals surface area contributed by atoms with Crippen molar-refractivity contribution in [2.24, 2.45) is 10.8 Å². The summed E-state index contributed by atoms with van der Waals surface area (Å²) in [6.07, 6.45) is 1.05. The van der Waals surface area contributed by atoms with Gasteiger partial charge in [-0.3, -0.25) is 19.0 Å². The third-order valence-electron chi connectivity index (χ3n) is 8.05. The van der Waals surface area contributed by atoms with Crippen LogP contribution in [0.4, 0.5) is 34.1 Å². The quantitative estimate of drug-likeness (QED) is 0.124. The van der Waals surface area contributed by atoms with E-state index in [4.69, 9.17) is 0 Å². The number of nitrogens with one attached hydrogen (secondary N) is 5. The number of amides is 2. The molecule has 280 valence electrons. The topological polar surface area (TPSA) is 163 Å². The number of carbonyl (C=O) groups excluding carboxylic acids is 2. The molecule has 0 saturated carbocycles. The Bertz CT molecular complexity index is 1980. The van der Waals surface area contributed by atoms with E-state index in [1.54, 1.807) is 71.9 Å². The molecule has 5 N–H and O–H groups in total. The first-order valence-electron chi connectivity index (χ1n) is 17.1.